The standard InChI is InChI=1S/C21H25FN6O/c22-16-5-7-17(8-6-16)28-14-12-27(13-15-28)11-2-1-9-24-21(29)20-25-18-4-3-10-23-19(18)26-20/h3-8,10H,1-2,9,11-15H2,(H,24,29)(H,23,25,26). The van der Waals surface area contributed by atoms with E-state index >= 15 is 0 Å². The van der Waals surface area contributed by atoms with Gasteiger partial charge in [0.1, 0.15) is 5.82 Å². The van der Waals surface area contributed by atoms with Crippen LogP contribution in [0.2, 0.25) is 0 Å². The third-order valence-corrected chi connectivity index (χ3v) is 5.22. The number of nitrogens with one attached hydrogen (secondary N) is 2. The highest BCUT2D eigenvalue weighted by molar-refractivity contribution is 5.93. The van der Waals surface area contributed by atoms with Gasteiger partial charge in [-0.05, 0) is 55.8 Å². The van der Waals surface area contributed by atoms with Gasteiger partial charge in [-0.1, -0.05) is 0 Å². The number of hydrogen-bond acceptors (Lipinski definition) is 5. The number of hydrogen-bond donors (Lipinski definition) is 2. The third-order valence-electron chi connectivity index (χ3n) is 5.22. The van der Waals surface area contributed by atoms with Gasteiger partial charge in [0.25, 0.3) is 5.91 Å². The Bertz CT molecular complexity index is 916. The van der Waals surface area contributed by atoms with E-state index in [0.29, 0.717) is 18.0 Å². The van der Waals surface area contributed by atoms with Crippen LogP contribution in [0.4, 0.5) is 10.1 Å². The van der Waals surface area contributed by atoms with Crippen molar-refractivity contribution in [1.82, 2.24) is 25.2 Å². The van der Waals surface area contributed by atoms with Crippen molar-refractivity contribution in [3.63, 3.8) is 0 Å². The van der Waals surface area contributed by atoms with Crippen LogP contribution in [0.25, 0.3) is 11.2 Å². The zero-order chi connectivity index (χ0) is 20.1. The van der Waals surface area contributed by atoms with Crippen LogP contribution < -0.4 is 10.2 Å². The van der Waals surface area contributed by atoms with Gasteiger partial charge in [0.15, 0.2) is 11.5 Å². The van der Waals surface area contributed by atoms with Gasteiger partial charge < -0.3 is 15.2 Å². The molecule has 0 aliphatic carbocycles. The predicted molar refractivity (Wildman–Crippen MR) is 111 cm³/mol. The normalized spacial score (nSPS) is 15.0. The van der Waals surface area contributed by atoms with Crippen LogP contribution in [-0.4, -0.2) is 65.0 Å². The fourth-order valence-electron chi connectivity index (χ4n) is 3.58. The maximum atomic E-state index is 13.1. The zero-order valence-electron chi connectivity index (χ0n) is 16.3. The first kappa shape index (κ1) is 19.3. The molecule has 7 nitrogen and oxygen atoms in total. The van der Waals surface area contributed by atoms with Crippen LogP contribution >= 0.6 is 0 Å². The molecule has 2 aromatic heterocycles. The first-order valence-corrected chi connectivity index (χ1v) is 10.0. The molecule has 1 amide bonds. The second-order valence-corrected chi connectivity index (χ2v) is 7.23. The number of amides is 1. The van der Waals surface area contributed by atoms with E-state index in [-0.39, 0.29) is 11.7 Å². The van der Waals surface area contributed by atoms with Crippen molar-refractivity contribution in [3.05, 3.63) is 54.2 Å². The van der Waals surface area contributed by atoms with Gasteiger partial charge in [0.05, 0.1) is 5.52 Å². The van der Waals surface area contributed by atoms with Crippen LogP contribution in [0.1, 0.15) is 23.5 Å². The monoisotopic (exact) mass is 396 g/mol. The molecule has 0 unspecified atom stereocenters. The predicted octanol–water partition coefficient (Wildman–Crippen LogP) is 2.43. The number of carbonyl (C=O) groups excluding carboxylic acids is 1. The highest BCUT2D eigenvalue weighted by Gasteiger charge is 2.17. The number of halogens is 1. The molecule has 1 aromatic carbocycles. The number of piperazine rings is 1. The number of aromatic amines is 1. The van der Waals surface area contributed by atoms with Gasteiger partial charge in [0.2, 0.25) is 0 Å². The van der Waals surface area contributed by atoms with E-state index in [0.717, 1.165) is 56.8 Å². The summed E-state index contributed by atoms with van der Waals surface area (Å²) in [6.07, 6.45) is 3.60. The number of fused-ring (bicyclic) bond motifs is 1. The molecule has 3 aromatic rings. The van der Waals surface area contributed by atoms with E-state index in [4.69, 9.17) is 0 Å². The van der Waals surface area contributed by atoms with E-state index in [1.54, 1.807) is 6.20 Å². The Morgan fingerprint density at radius 2 is 1.90 bits per heavy atom. The summed E-state index contributed by atoms with van der Waals surface area (Å²) in [5.74, 6) is -0.0945. The molecule has 29 heavy (non-hydrogen) atoms. The summed E-state index contributed by atoms with van der Waals surface area (Å²) in [5, 5.41) is 2.91. The highest BCUT2D eigenvalue weighted by Crippen LogP contribution is 2.17. The van der Waals surface area contributed by atoms with Crippen LogP contribution in [0.3, 0.4) is 0 Å². The molecule has 0 radical (unpaired) electrons. The summed E-state index contributed by atoms with van der Waals surface area (Å²) in [6.45, 7) is 5.52. The molecule has 8 heteroatoms. The SMILES string of the molecule is O=C(NCCCCN1CCN(c2ccc(F)cc2)CC1)c1nc2ncccc2[nH]1. The smallest absolute Gasteiger partial charge is 0.287 e. The lowest BCUT2D eigenvalue weighted by atomic mass is 10.2. The summed E-state index contributed by atoms with van der Waals surface area (Å²) in [4.78, 5) is 28.3. The largest absolute Gasteiger partial charge is 0.369 e. The fourth-order valence-corrected chi connectivity index (χ4v) is 3.58. The Hall–Kier alpha value is -3.00. The topological polar surface area (TPSA) is 77.2 Å². The summed E-state index contributed by atoms with van der Waals surface area (Å²) in [5.41, 5.74) is 2.39. The lowest BCUT2D eigenvalue weighted by Crippen LogP contribution is -2.46. The molecule has 0 atom stereocenters. The number of H-pyrrole nitrogens is 1. The van der Waals surface area contributed by atoms with Crippen molar-refractivity contribution >= 4 is 22.8 Å². The minimum atomic E-state index is -0.198. The van der Waals surface area contributed by atoms with E-state index in [9.17, 15) is 9.18 Å². The number of benzene rings is 1. The van der Waals surface area contributed by atoms with Crippen molar-refractivity contribution in [2.75, 3.05) is 44.2 Å². The molecule has 2 N–H and O–H groups in total. The minimum Gasteiger partial charge on any atom is -0.369 e. The Morgan fingerprint density at radius 1 is 1.10 bits per heavy atom. The molecule has 1 fully saturated rings. The van der Waals surface area contributed by atoms with Gasteiger partial charge in [-0.3, -0.25) is 9.69 Å². The number of aromatic nitrogens is 3. The van der Waals surface area contributed by atoms with Gasteiger partial charge in [0, 0.05) is 44.6 Å². The molecule has 1 aliphatic heterocycles. The van der Waals surface area contributed by atoms with E-state index in [1.165, 1.54) is 12.1 Å². The maximum Gasteiger partial charge on any atom is 0.287 e. The number of rotatable bonds is 7. The number of anilines is 1. The van der Waals surface area contributed by atoms with Gasteiger partial charge in [-0.2, -0.15) is 0 Å². The Balaban J connectivity index is 1.13. The van der Waals surface area contributed by atoms with E-state index < -0.39 is 0 Å². The summed E-state index contributed by atoms with van der Waals surface area (Å²) < 4.78 is 13.1. The second kappa shape index (κ2) is 9.00. The average Bonchev–Trinajstić information content (AvgIpc) is 3.19. The van der Waals surface area contributed by atoms with Gasteiger partial charge >= 0.3 is 0 Å². The zero-order valence-corrected chi connectivity index (χ0v) is 16.3. The first-order valence-electron chi connectivity index (χ1n) is 10.0. The van der Waals surface area contributed by atoms with E-state index in [2.05, 4.69) is 30.1 Å². The number of pyridine rings is 1. The summed E-state index contributed by atoms with van der Waals surface area (Å²) >= 11 is 0. The second-order valence-electron chi connectivity index (χ2n) is 7.23. The van der Waals surface area contributed by atoms with Gasteiger partial charge in [-0.15, -0.1) is 0 Å². The van der Waals surface area contributed by atoms with Crippen molar-refractivity contribution in [2.24, 2.45) is 0 Å². The minimum absolute atomic E-state index is 0.198. The Labute approximate surface area is 168 Å². The lowest BCUT2D eigenvalue weighted by molar-refractivity contribution is 0.0943. The van der Waals surface area contributed by atoms with Crippen molar-refractivity contribution in [1.29, 1.82) is 0 Å². The first-order chi connectivity index (χ1) is 14.2. The number of nitrogens with zero attached hydrogens (tertiary/aromatic N) is 4. The van der Waals surface area contributed by atoms with Crippen LogP contribution in [0, 0.1) is 5.82 Å². The van der Waals surface area contributed by atoms with Crippen LogP contribution in [-0.2, 0) is 0 Å². The van der Waals surface area contributed by atoms with Gasteiger partial charge in [-0.25, -0.2) is 14.4 Å². The molecule has 0 spiro atoms. The Kier molecular flexibility index (Phi) is 6.00. The molecular weight excluding hydrogens is 371 g/mol. The highest BCUT2D eigenvalue weighted by atomic mass is 19.1. The molecule has 0 saturated carbocycles. The van der Waals surface area contributed by atoms with Crippen LogP contribution in [0.5, 0.6) is 0 Å². The molecule has 0 bridgehead atoms. The molecular formula is C21H25FN6O. The quantitative estimate of drug-likeness (QED) is 0.600. The molecule has 4 rings (SSSR count). The number of carbonyl (C=O) groups is 1. The van der Waals surface area contributed by atoms with Crippen molar-refractivity contribution in [3.8, 4) is 0 Å². The number of unbranched alkanes of at least 4 members (excludes halogenated alkanes) is 1. The van der Waals surface area contributed by atoms with E-state index in [1.807, 2.05) is 24.3 Å². The van der Waals surface area contributed by atoms with Crippen molar-refractivity contribution in [2.45, 2.75) is 12.8 Å². The van der Waals surface area contributed by atoms with Crippen molar-refractivity contribution < 1.29 is 9.18 Å². The summed E-state index contributed by atoms with van der Waals surface area (Å²) in [7, 11) is 0. The third kappa shape index (κ3) is 4.89. The summed E-state index contributed by atoms with van der Waals surface area (Å²) in [6, 6.07) is 10.4. The van der Waals surface area contributed by atoms with Crippen LogP contribution in [0.15, 0.2) is 42.6 Å². The molecule has 1 aliphatic rings. The maximum absolute atomic E-state index is 13.1. The molecule has 1 saturated heterocycles. The lowest BCUT2D eigenvalue weighted by Gasteiger charge is -2.36. The fraction of sp³-hybridized carbons (Fsp3) is 0.381. The Morgan fingerprint density at radius 3 is 2.66 bits per heavy atom. The molecule has 152 valence electrons. The average molecular weight is 396 g/mol. The number of imidazole rings is 1. The molecule has 3 heterocycles.